The third kappa shape index (κ3) is 4.52. The molecule has 2 bridgehead atoms. The average Bonchev–Trinajstić information content (AvgIpc) is 2.68. The van der Waals surface area contributed by atoms with Gasteiger partial charge in [-0.2, -0.15) is 0 Å². The molecule has 0 atom stereocenters. The molecule has 154 valence electrons. The van der Waals surface area contributed by atoms with Crippen LogP contribution in [0.3, 0.4) is 0 Å². The number of carbonyl (C=O) groups is 1. The summed E-state index contributed by atoms with van der Waals surface area (Å²) in [6.07, 6.45) is 0. The van der Waals surface area contributed by atoms with Crippen molar-refractivity contribution in [2.45, 2.75) is 23.0 Å². The van der Waals surface area contributed by atoms with Gasteiger partial charge >= 0.3 is 0 Å². The summed E-state index contributed by atoms with van der Waals surface area (Å²) in [4.78, 5) is 13.3. The van der Waals surface area contributed by atoms with E-state index in [2.05, 4.69) is 0 Å². The van der Waals surface area contributed by atoms with Gasteiger partial charge in [-0.05, 0) is 22.3 Å². The second-order valence-electron chi connectivity index (χ2n) is 7.52. The van der Waals surface area contributed by atoms with E-state index in [1.165, 1.54) is 0 Å². The Morgan fingerprint density at radius 1 is 0.500 bits per heavy atom. The Hall–Kier alpha value is -2.77. The molecule has 2 aliphatic rings. The van der Waals surface area contributed by atoms with E-state index >= 15 is 0 Å². The van der Waals surface area contributed by atoms with Gasteiger partial charge in [-0.25, -0.2) is 16.8 Å². The molecular weight excluding hydrogens is 420 g/mol. The molecule has 5 nitrogen and oxygen atoms in total. The van der Waals surface area contributed by atoms with Crippen LogP contribution in [0.25, 0.3) is 0 Å². The number of benzene rings is 3. The quantitative estimate of drug-likeness (QED) is 0.534. The van der Waals surface area contributed by atoms with E-state index < -0.39 is 19.7 Å². The van der Waals surface area contributed by atoms with Crippen molar-refractivity contribution in [3.8, 4) is 0 Å². The van der Waals surface area contributed by atoms with Crippen LogP contribution in [0.2, 0.25) is 0 Å². The number of ketones is 1. The largest absolute Gasteiger partial charge is 0.289 e. The summed E-state index contributed by atoms with van der Waals surface area (Å²) in [7, 11) is -7.07. The zero-order valence-corrected chi connectivity index (χ0v) is 17.7. The molecule has 0 amide bonds. The monoisotopic (exact) mass is 440 g/mol. The van der Waals surface area contributed by atoms with Crippen LogP contribution in [0.1, 0.15) is 38.2 Å². The molecule has 0 unspecified atom stereocenters. The molecule has 0 N–H and O–H groups in total. The Morgan fingerprint density at radius 2 is 0.867 bits per heavy atom. The van der Waals surface area contributed by atoms with Crippen LogP contribution in [0.15, 0.2) is 72.8 Å². The predicted octanol–water partition coefficient (Wildman–Crippen LogP) is 3.46. The highest BCUT2D eigenvalue weighted by Gasteiger charge is 2.23. The van der Waals surface area contributed by atoms with Crippen molar-refractivity contribution in [1.29, 1.82) is 0 Å². The maximum atomic E-state index is 13.3. The van der Waals surface area contributed by atoms with Gasteiger partial charge in [0.05, 0.1) is 23.0 Å². The van der Waals surface area contributed by atoms with E-state index in [0.29, 0.717) is 22.3 Å². The standard InChI is InChI=1S/C23H20O5S2/c24-23-21-7-3-1-5-19(21)15-29(25,26)13-17-9-11-18(12-10-17)14-30(27,28)16-20-6-2-4-8-22(20)23/h1-12H,13-16H2. The van der Waals surface area contributed by atoms with E-state index in [9.17, 15) is 21.6 Å². The first kappa shape index (κ1) is 20.5. The Labute approximate surface area is 176 Å². The highest BCUT2D eigenvalue weighted by molar-refractivity contribution is 7.90. The minimum atomic E-state index is -3.53. The second kappa shape index (κ2) is 7.81. The van der Waals surface area contributed by atoms with E-state index in [1.54, 1.807) is 72.8 Å². The topological polar surface area (TPSA) is 85.3 Å². The van der Waals surface area contributed by atoms with Gasteiger partial charge in [0.25, 0.3) is 0 Å². The molecule has 2 aliphatic heterocycles. The summed E-state index contributed by atoms with van der Waals surface area (Å²) in [5.74, 6) is -1.27. The number of hydrogen-bond acceptors (Lipinski definition) is 5. The zero-order chi connectivity index (χ0) is 21.4. The fourth-order valence-electron chi connectivity index (χ4n) is 3.70. The van der Waals surface area contributed by atoms with Gasteiger partial charge in [0.1, 0.15) is 0 Å². The lowest BCUT2D eigenvalue weighted by Crippen LogP contribution is -2.14. The van der Waals surface area contributed by atoms with Gasteiger partial charge < -0.3 is 0 Å². The van der Waals surface area contributed by atoms with Crippen LogP contribution in [-0.2, 0) is 42.7 Å². The Kier molecular flexibility index (Phi) is 5.34. The minimum absolute atomic E-state index is 0.181. The summed E-state index contributed by atoms with van der Waals surface area (Å²) in [5, 5.41) is 0. The smallest absolute Gasteiger partial charge is 0.193 e. The van der Waals surface area contributed by atoms with Gasteiger partial charge in [-0.15, -0.1) is 0 Å². The molecule has 3 aromatic carbocycles. The van der Waals surface area contributed by atoms with Crippen molar-refractivity contribution >= 4 is 25.5 Å². The van der Waals surface area contributed by atoms with Gasteiger partial charge in [0.2, 0.25) is 0 Å². The van der Waals surface area contributed by atoms with Gasteiger partial charge in [-0.1, -0.05) is 72.8 Å². The summed E-state index contributed by atoms with van der Waals surface area (Å²) in [5.41, 5.74) is 2.53. The summed E-state index contributed by atoms with van der Waals surface area (Å²) in [6.45, 7) is 0. The lowest BCUT2D eigenvalue weighted by molar-refractivity contribution is 0.103. The number of hydrogen-bond donors (Lipinski definition) is 0. The molecule has 0 spiro atoms. The molecule has 0 saturated heterocycles. The van der Waals surface area contributed by atoms with Crippen molar-refractivity contribution in [2.24, 2.45) is 0 Å². The Balaban J connectivity index is 1.91. The van der Waals surface area contributed by atoms with Crippen LogP contribution in [-0.4, -0.2) is 22.6 Å². The summed E-state index contributed by atoms with van der Waals surface area (Å²) in [6, 6.07) is 19.8. The van der Waals surface area contributed by atoms with Gasteiger partial charge in [0.15, 0.2) is 25.5 Å². The molecule has 0 fully saturated rings. The molecule has 3 aromatic rings. The molecule has 30 heavy (non-hydrogen) atoms. The Bertz CT molecular complexity index is 1220. The lowest BCUT2D eigenvalue weighted by atomic mass is 9.96. The van der Waals surface area contributed by atoms with Crippen LogP contribution in [0.4, 0.5) is 0 Å². The van der Waals surface area contributed by atoms with Crippen molar-refractivity contribution in [2.75, 3.05) is 0 Å². The number of carbonyl (C=O) groups excluding carboxylic acids is 1. The highest BCUT2D eigenvalue weighted by Crippen LogP contribution is 2.24. The molecule has 0 aliphatic carbocycles. The third-order valence-corrected chi connectivity index (χ3v) is 8.12. The van der Waals surface area contributed by atoms with E-state index in [-0.39, 0.29) is 39.9 Å². The summed E-state index contributed by atoms with van der Waals surface area (Å²) >= 11 is 0. The van der Waals surface area contributed by atoms with Crippen molar-refractivity contribution in [3.63, 3.8) is 0 Å². The first-order chi connectivity index (χ1) is 14.2. The molecule has 0 saturated carbocycles. The molecule has 2 heterocycles. The number of fused-ring (bicyclic) bond motifs is 6. The first-order valence-electron chi connectivity index (χ1n) is 9.42. The second-order valence-corrected chi connectivity index (χ2v) is 11.7. The van der Waals surface area contributed by atoms with Crippen molar-refractivity contribution < 1.29 is 21.6 Å². The molecule has 0 radical (unpaired) electrons. The van der Waals surface area contributed by atoms with Crippen LogP contribution < -0.4 is 0 Å². The van der Waals surface area contributed by atoms with E-state index in [0.717, 1.165) is 0 Å². The molecule has 5 rings (SSSR count). The van der Waals surface area contributed by atoms with Crippen LogP contribution >= 0.6 is 0 Å². The predicted molar refractivity (Wildman–Crippen MR) is 115 cm³/mol. The normalized spacial score (nSPS) is 17.9. The number of sulfone groups is 2. The first-order valence-corrected chi connectivity index (χ1v) is 13.1. The van der Waals surface area contributed by atoms with E-state index in [4.69, 9.17) is 0 Å². The fraction of sp³-hybridized carbons (Fsp3) is 0.174. The SMILES string of the molecule is O=C1c2ccccc2CS(=O)(=O)Cc2ccc(cc2)CS(=O)(=O)Cc2ccccc21. The maximum absolute atomic E-state index is 13.3. The lowest BCUT2D eigenvalue weighted by Gasteiger charge is -2.12. The fourth-order valence-corrected chi connectivity index (χ4v) is 6.75. The maximum Gasteiger partial charge on any atom is 0.193 e. The molecule has 7 heteroatoms. The van der Waals surface area contributed by atoms with Crippen LogP contribution in [0, 0.1) is 0 Å². The Morgan fingerprint density at radius 3 is 1.27 bits per heavy atom. The van der Waals surface area contributed by atoms with E-state index in [1.807, 2.05) is 0 Å². The minimum Gasteiger partial charge on any atom is -0.289 e. The van der Waals surface area contributed by atoms with Crippen LogP contribution in [0.5, 0.6) is 0 Å². The zero-order valence-electron chi connectivity index (χ0n) is 16.1. The molecular formula is C23H20O5S2. The third-order valence-electron chi connectivity index (χ3n) is 5.07. The molecule has 0 aromatic heterocycles. The van der Waals surface area contributed by atoms with Crippen molar-refractivity contribution in [3.05, 3.63) is 106 Å². The summed E-state index contributed by atoms with van der Waals surface area (Å²) < 4.78 is 51.2. The number of rotatable bonds is 0. The van der Waals surface area contributed by atoms with Crippen molar-refractivity contribution in [1.82, 2.24) is 0 Å². The van der Waals surface area contributed by atoms with Gasteiger partial charge in [0, 0.05) is 11.1 Å². The highest BCUT2D eigenvalue weighted by atomic mass is 32.2. The average molecular weight is 441 g/mol. The van der Waals surface area contributed by atoms with Gasteiger partial charge in [-0.3, -0.25) is 4.79 Å².